The minimum atomic E-state index is -0.288. The van der Waals surface area contributed by atoms with Crippen molar-refractivity contribution in [2.24, 2.45) is 0 Å². The molecule has 0 atom stereocenters. The van der Waals surface area contributed by atoms with Gasteiger partial charge in [0, 0.05) is 11.8 Å². The third-order valence-electron chi connectivity index (χ3n) is 2.54. The monoisotopic (exact) mass is 270 g/mol. The summed E-state index contributed by atoms with van der Waals surface area (Å²) in [6.45, 7) is 5.14. The summed E-state index contributed by atoms with van der Waals surface area (Å²) in [5.74, 6) is 0.118. The predicted octanol–water partition coefficient (Wildman–Crippen LogP) is 2.24. The van der Waals surface area contributed by atoms with Crippen molar-refractivity contribution in [2.75, 3.05) is 0 Å². The fourth-order valence-corrected chi connectivity index (χ4v) is 1.67. The zero-order chi connectivity index (χ0) is 14.7. The molecule has 102 valence electrons. The number of nitriles is 1. The summed E-state index contributed by atoms with van der Waals surface area (Å²) in [7, 11) is 0. The molecular weight excluding hydrogens is 256 g/mol. The van der Waals surface area contributed by atoms with Crippen molar-refractivity contribution in [2.45, 2.75) is 26.9 Å². The van der Waals surface area contributed by atoms with E-state index in [1.54, 1.807) is 6.20 Å². The zero-order valence-electron chi connectivity index (χ0n) is 11.5. The van der Waals surface area contributed by atoms with E-state index in [0.717, 1.165) is 0 Å². The first-order valence-electron chi connectivity index (χ1n) is 6.14. The van der Waals surface area contributed by atoms with Crippen LogP contribution in [-0.4, -0.2) is 26.8 Å². The van der Waals surface area contributed by atoms with Crippen LogP contribution in [0.25, 0.3) is 17.2 Å². The van der Waals surface area contributed by atoms with Gasteiger partial charge in [0.1, 0.15) is 11.6 Å². The van der Waals surface area contributed by atoms with E-state index < -0.39 is 0 Å². The number of nitrogens with one attached hydrogen (secondary N) is 1. The molecule has 0 aromatic carbocycles. The highest BCUT2D eigenvalue weighted by Crippen LogP contribution is 2.20. The molecule has 0 aliphatic heterocycles. The number of Topliss-reactive ketones (excluding diaryl/α,β-unsaturated/α-hetero) is 1. The third kappa shape index (κ3) is 2.83. The Labute approximate surface area is 116 Å². The van der Waals surface area contributed by atoms with Gasteiger partial charge in [-0.3, -0.25) is 4.79 Å². The summed E-state index contributed by atoms with van der Waals surface area (Å²) >= 11 is 0. The Hall–Kier alpha value is -2.68. The second-order valence-corrected chi connectivity index (χ2v) is 4.54. The maximum atomic E-state index is 11.3. The van der Waals surface area contributed by atoms with Gasteiger partial charge in [0.25, 0.3) is 0 Å². The number of aromatic nitrogens is 3. The number of ketones is 1. The number of nitrogens with zero attached hydrogens (tertiary/aromatic N) is 3. The van der Waals surface area contributed by atoms with E-state index in [0.29, 0.717) is 22.6 Å². The maximum Gasteiger partial charge on any atom is 0.233 e. The molecule has 2 rings (SSSR count). The van der Waals surface area contributed by atoms with Crippen molar-refractivity contribution in [1.29, 1.82) is 5.26 Å². The average molecular weight is 270 g/mol. The molecule has 6 heteroatoms. The summed E-state index contributed by atoms with van der Waals surface area (Å²) < 4.78 is 5.49. The van der Waals surface area contributed by atoms with Gasteiger partial charge in [0.2, 0.25) is 5.88 Å². The van der Waals surface area contributed by atoms with Crippen molar-refractivity contribution in [3.8, 4) is 11.9 Å². The standard InChI is InChI=1S/C14H14N4O2/c1-8(2)20-12-7-17-14-13(18-12)11(6-16-14)4-10(5-15)9(3)19/h4,6-8H,1-3H3,(H,16,17)/b10-4+. The molecule has 2 heterocycles. The molecule has 0 bridgehead atoms. The van der Waals surface area contributed by atoms with Crippen LogP contribution in [0.2, 0.25) is 0 Å². The van der Waals surface area contributed by atoms with Gasteiger partial charge < -0.3 is 9.72 Å². The molecule has 0 aliphatic carbocycles. The van der Waals surface area contributed by atoms with Crippen molar-refractivity contribution in [3.05, 3.63) is 23.5 Å². The fourth-order valence-electron chi connectivity index (χ4n) is 1.67. The normalized spacial score (nSPS) is 11.7. The number of carbonyl (C=O) groups excluding carboxylic acids is 1. The number of fused-ring (bicyclic) bond motifs is 1. The minimum Gasteiger partial charge on any atom is -0.474 e. The van der Waals surface area contributed by atoms with Crippen molar-refractivity contribution in [1.82, 2.24) is 15.0 Å². The van der Waals surface area contributed by atoms with E-state index in [1.165, 1.54) is 19.2 Å². The Kier molecular flexibility index (Phi) is 3.80. The van der Waals surface area contributed by atoms with Crippen molar-refractivity contribution >= 4 is 23.0 Å². The van der Waals surface area contributed by atoms with Crippen molar-refractivity contribution < 1.29 is 9.53 Å². The van der Waals surface area contributed by atoms with E-state index in [1.807, 2.05) is 19.9 Å². The Morgan fingerprint density at radius 2 is 2.30 bits per heavy atom. The number of allylic oxidation sites excluding steroid dienone is 1. The molecule has 2 aromatic rings. The highest BCUT2D eigenvalue weighted by atomic mass is 16.5. The van der Waals surface area contributed by atoms with Gasteiger partial charge in [-0.05, 0) is 26.8 Å². The van der Waals surface area contributed by atoms with Crippen LogP contribution in [0.15, 0.2) is 18.0 Å². The molecule has 1 N–H and O–H groups in total. The Bertz CT molecular complexity index is 722. The summed E-state index contributed by atoms with van der Waals surface area (Å²) in [6.07, 6.45) is 4.67. The predicted molar refractivity (Wildman–Crippen MR) is 73.9 cm³/mol. The molecule has 0 saturated carbocycles. The second kappa shape index (κ2) is 5.53. The van der Waals surface area contributed by atoms with E-state index in [4.69, 9.17) is 10.00 Å². The summed E-state index contributed by atoms with van der Waals surface area (Å²) in [4.78, 5) is 22.8. The summed E-state index contributed by atoms with van der Waals surface area (Å²) in [6, 6.07) is 1.87. The van der Waals surface area contributed by atoms with Gasteiger partial charge in [-0.2, -0.15) is 5.26 Å². The topological polar surface area (TPSA) is 91.7 Å². The zero-order valence-corrected chi connectivity index (χ0v) is 11.5. The number of aromatic amines is 1. The average Bonchev–Trinajstić information content (AvgIpc) is 2.77. The molecule has 0 saturated heterocycles. The van der Waals surface area contributed by atoms with Crippen LogP contribution in [-0.2, 0) is 4.79 Å². The van der Waals surface area contributed by atoms with Crippen LogP contribution in [0.3, 0.4) is 0 Å². The number of H-pyrrole nitrogens is 1. The molecule has 20 heavy (non-hydrogen) atoms. The number of hydrogen-bond donors (Lipinski definition) is 1. The van der Waals surface area contributed by atoms with Gasteiger partial charge in [0.15, 0.2) is 11.4 Å². The molecule has 0 unspecified atom stereocenters. The molecule has 0 aliphatic rings. The lowest BCUT2D eigenvalue weighted by molar-refractivity contribution is -0.113. The SMILES string of the molecule is CC(=O)/C(C#N)=C/c1c[nH]c2ncc(OC(C)C)nc12. The molecule has 0 spiro atoms. The highest BCUT2D eigenvalue weighted by molar-refractivity contribution is 6.03. The lowest BCUT2D eigenvalue weighted by Crippen LogP contribution is -2.07. The first-order valence-corrected chi connectivity index (χ1v) is 6.14. The maximum absolute atomic E-state index is 11.3. The molecule has 2 aromatic heterocycles. The van der Waals surface area contributed by atoms with Crippen LogP contribution in [0.1, 0.15) is 26.3 Å². The molecular formula is C14H14N4O2. The second-order valence-electron chi connectivity index (χ2n) is 4.54. The lowest BCUT2D eigenvalue weighted by Gasteiger charge is -2.07. The molecule has 0 amide bonds. The van der Waals surface area contributed by atoms with Crippen LogP contribution in [0, 0.1) is 11.3 Å². The number of hydrogen-bond acceptors (Lipinski definition) is 5. The smallest absolute Gasteiger partial charge is 0.233 e. The molecule has 0 fully saturated rings. The van der Waals surface area contributed by atoms with E-state index in [-0.39, 0.29) is 17.5 Å². The first-order chi connectivity index (χ1) is 9.51. The van der Waals surface area contributed by atoms with Gasteiger partial charge >= 0.3 is 0 Å². The van der Waals surface area contributed by atoms with E-state index in [2.05, 4.69) is 15.0 Å². The first kappa shape index (κ1) is 13.7. The van der Waals surface area contributed by atoms with Gasteiger partial charge in [-0.1, -0.05) is 0 Å². The van der Waals surface area contributed by atoms with Gasteiger partial charge in [-0.25, -0.2) is 9.97 Å². The third-order valence-corrected chi connectivity index (χ3v) is 2.54. The highest BCUT2D eigenvalue weighted by Gasteiger charge is 2.10. The van der Waals surface area contributed by atoms with Crippen molar-refractivity contribution in [3.63, 3.8) is 0 Å². The number of carbonyl (C=O) groups is 1. The van der Waals surface area contributed by atoms with Crippen LogP contribution in [0.5, 0.6) is 5.88 Å². The number of ether oxygens (including phenoxy) is 1. The van der Waals surface area contributed by atoms with Gasteiger partial charge in [-0.15, -0.1) is 0 Å². The van der Waals surface area contributed by atoms with E-state index in [9.17, 15) is 4.79 Å². The Balaban J connectivity index is 2.50. The summed E-state index contributed by atoms with van der Waals surface area (Å²) in [5.41, 5.74) is 1.85. The summed E-state index contributed by atoms with van der Waals surface area (Å²) in [5, 5.41) is 8.93. The quantitative estimate of drug-likeness (QED) is 0.679. The van der Waals surface area contributed by atoms with Crippen LogP contribution in [0.4, 0.5) is 0 Å². The fraction of sp³-hybridized carbons (Fsp3) is 0.286. The molecule has 0 radical (unpaired) electrons. The van der Waals surface area contributed by atoms with E-state index >= 15 is 0 Å². The number of rotatable bonds is 4. The lowest BCUT2D eigenvalue weighted by atomic mass is 10.1. The largest absolute Gasteiger partial charge is 0.474 e. The Morgan fingerprint density at radius 3 is 2.90 bits per heavy atom. The minimum absolute atomic E-state index is 0.00780. The van der Waals surface area contributed by atoms with Gasteiger partial charge in [0.05, 0.1) is 17.9 Å². The molecule has 6 nitrogen and oxygen atoms in total. The Morgan fingerprint density at radius 1 is 1.55 bits per heavy atom. The van der Waals surface area contributed by atoms with Crippen LogP contribution < -0.4 is 4.74 Å². The van der Waals surface area contributed by atoms with Crippen LogP contribution >= 0.6 is 0 Å².